The number of pyridine rings is 1. The summed E-state index contributed by atoms with van der Waals surface area (Å²) in [4.78, 5) is 30.7. The Morgan fingerprint density at radius 1 is 1.23 bits per heavy atom. The third-order valence-corrected chi connectivity index (χ3v) is 4.91. The van der Waals surface area contributed by atoms with Crippen molar-refractivity contribution in [2.75, 3.05) is 12.0 Å². The van der Waals surface area contributed by atoms with E-state index in [1.807, 2.05) is 51.1 Å². The largest absolute Gasteiger partial charge is 0.497 e. The molecule has 1 unspecified atom stereocenters. The highest BCUT2D eigenvalue weighted by atomic mass is 16.6. The van der Waals surface area contributed by atoms with Crippen molar-refractivity contribution < 1.29 is 19.1 Å². The molecular formula is C23H28N4O4. The second kappa shape index (κ2) is 9.16. The minimum Gasteiger partial charge on any atom is -0.497 e. The normalized spacial score (nSPS) is 17.9. The number of hydrogen-bond acceptors (Lipinski definition) is 6. The van der Waals surface area contributed by atoms with Gasteiger partial charge in [0.25, 0.3) is 0 Å². The number of benzene rings is 1. The summed E-state index contributed by atoms with van der Waals surface area (Å²) in [6.07, 6.45) is 2.81. The van der Waals surface area contributed by atoms with Gasteiger partial charge in [-0.15, -0.1) is 0 Å². The lowest BCUT2D eigenvalue weighted by Gasteiger charge is -2.34. The van der Waals surface area contributed by atoms with Crippen LogP contribution in [0, 0.1) is 11.3 Å². The van der Waals surface area contributed by atoms with Crippen LogP contribution in [0.4, 0.5) is 10.6 Å². The van der Waals surface area contributed by atoms with Crippen LogP contribution in [0.2, 0.25) is 0 Å². The Labute approximate surface area is 182 Å². The zero-order chi connectivity index (χ0) is 22.6. The Morgan fingerprint density at radius 2 is 1.94 bits per heavy atom. The maximum absolute atomic E-state index is 13.0. The molecule has 1 aliphatic heterocycles. The van der Waals surface area contributed by atoms with Crippen LogP contribution >= 0.6 is 0 Å². The van der Waals surface area contributed by atoms with Crippen LogP contribution in [0.15, 0.2) is 42.6 Å². The van der Waals surface area contributed by atoms with Crippen molar-refractivity contribution in [1.29, 1.82) is 5.41 Å². The highest BCUT2D eigenvalue weighted by Crippen LogP contribution is 2.24. The number of methoxy groups -OCH3 is 1. The standard InChI is InChI=1S/C23H28N4O4/c1-23(2,3)31-22(29)27(14-15-5-7-17(30-4)8-6-15)20-12-16(9-10-25-20)11-18-19(13-24)26-21(18)28/h5-10,12-13,18-19,24H,11,14H2,1-4H3,(H,26,28)/t18?,19-/m1/s1. The molecule has 1 aliphatic rings. The van der Waals surface area contributed by atoms with Crippen molar-refractivity contribution in [3.63, 3.8) is 0 Å². The van der Waals surface area contributed by atoms with Crippen LogP contribution in [0.25, 0.3) is 0 Å². The fraction of sp³-hybridized carbons (Fsp3) is 0.391. The molecule has 2 amide bonds. The second-order valence-electron chi connectivity index (χ2n) is 8.45. The van der Waals surface area contributed by atoms with Crippen molar-refractivity contribution >= 4 is 24.0 Å². The Balaban J connectivity index is 1.86. The van der Waals surface area contributed by atoms with E-state index in [-0.39, 0.29) is 24.4 Å². The summed E-state index contributed by atoms with van der Waals surface area (Å²) in [5, 5.41) is 10.1. The van der Waals surface area contributed by atoms with E-state index in [4.69, 9.17) is 14.9 Å². The molecule has 1 aromatic carbocycles. The maximum Gasteiger partial charge on any atom is 0.416 e. The van der Waals surface area contributed by atoms with Gasteiger partial charge in [0.1, 0.15) is 17.2 Å². The van der Waals surface area contributed by atoms with Crippen molar-refractivity contribution in [2.45, 2.75) is 45.4 Å². The van der Waals surface area contributed by atoms with E-state index in [9.17, 15) is 9.59 Å². The molecular weight excluding hydrogens is 396 g/mol. The van der Waals surface area contributed by atoms with Gasteiger partial charge in [-0.3, -0.25) is 9.69 Å². The smallest absolute Gasteiger partial charge is 0.416 e. The van der Waals surface area contributed by atoms with Gasteiger partial charge in [-0.05, 0) is 62.6 Å². The Bertz CT molecular complexity index is 953. The lowest BCUT2D eigenvalue weighted by atomic mass is 9.86. The first kappa shape index (κ1) is 22.3. The molecule has 0 radical (unpaired) electrons. The number of hydrogen-bond donors (Lipinski definition) is 2. The second-order valence-corrected chi connectivity index (χ2v) is 8.45. The van der Waals surface area contributed by atoms with Crippen LogP contribution in [-0.2, 0) is 22.5 Å². The average Bonchev–Trinajstić information content (AvgIpc) is 2.73. The molecule has 8 heteroatoms. The number of carbonyl (C=O) groups is 2. The summed E-state index contributed by atoms with van der Waals surface area (Å²) in [5.41, 5.74) is 1.09. The minimum absolute atomic E-state index is 0.0749. The van der Waals surface area contributed by atoms with Crippen LogP contribution < -0.4 is 15.0 Å². The lowest BCUT2D eigenvalue weighted by molar-refractivity contribution is -0.132. The molecule has 3 rings (SSSR count). The molecule has 0 aliphatic carbocycles. The Morgan fingerprint density at radius 3 is 2.52 bits per heavy atom. The summed E-state index contributed by atoms with van der Waals surface area (Å²) in [6, 6.07) is 10.8. The monoisotopic (exact) mass is 424 g/mol. The van der Waals surface area contributed by atoms with Crippen molar-refractivity contribution in [1.82, 2.24) is 10.3 Å². The summed E-state index contributed by atoms with van der Waals surface area (Å²) < 4.78 is 10.8. The van der Waals surface area contributed by atoms with E-state index in [1.165, 1.54) is 11.1 Å². The number of nitrogens with zero attached hydrogens (tertiary/aromatic N) is 2. The van der Waals surface area contributed by atoms with Crippen molar-refractivity contribution in [2.24, 2.45) is 5.92 Å². The number of β-lactam (4-membered cyclic amide) rings is 1. The number of anilines is 1. The summed E-state index contributed by atoms with van der Waals surface area (Å²) >= 11 is 0. The number of amides is 2. The van der Waals surface area contributed by atoms with E-state index in [1.54, 1.807) is 19.4 Å². The summed E-state index contributed by atoms with van der Waals surface area (Å²) in [5.74, 6) is 0.805. The van der Waals surface area contributed by atoms with Crippen molar-refractivity contribution in [3.8, 4) is 5.75 Å². The highest BCUT2D eigenvalue weighted by molar-refractivity contribution is 5.93. The molecule has 0 saturated carbocycles. The molecule has 1 saturated heterocycles. The third kappa shape index (κ3) is 5.59. The van der Waals surface area contributed by atoms with E-state index in [2.05, 4.69) is 10.3 Å². The highest BCUT2D eigenvalue weighted by Gasteiger charge is 2.37. The molecule has 2 atom stereocenters. The first-order valence-corrected chi connectivity index (χ1v) is 10.1. The lowest BCUT2D eigenvalue weighted by Crippen LogP contribution is -2.59. The molecule has 31 heavy (non-hydrogen) atoms. The maximum atomic E-state index is 13.0. The van der Waals surface area contributed by atoms with Gasteiger partial charge in [-0.2, -0.15) is 0 Å². The van der Waals surface area contributed by atoms with E-state index in [0.717, 1.165) is 16.9 Å². The van der Waals surface area contributed by atoms with Crippen LogP contribution in [0.5, 0.6) is 5.75 Å². The molecule has 8 nitrogen and oxygen atoms in total. The Hall–Kier alpha value is -3.42. The van der Waals surface area contributed by atoms with Gasteiger partial charge in [0.2, 0.25) is 5.91 Å². The van der Waals surface area contributed by atoms with Gasteiger partial charge >= 0.3 is 6.09 Å². The minimum atomic E-state index is -0.659. The number of ether oxygens (including phenoxy) is 2. The van der Waals surface area contributed by atoms with E-state index >= 15 is 0 Å². The fourth-order valence-electron chi connectivity index (χ4n) is 3.27. The van der Waals surface area contributed by atoms with E-state index in [0.29, 0.717) is 12.2 Å². The summed E-state index contributed by atoms with van der Waals surface area (Å²) in [7, 11) is 1.60. The molecule has 0 spiro atoms. The predicted molar refractivity (Wildman–Crippen MR) is 118 cm³/mol. The zero-order valence-electron chi connectivity index (χ0n) is 18.2. The molecule has 2 aromatic rings. The SMILES string of the molecule is COc1ccc(CN(C(=O)OC(C)(C)C)c2cc(CC3C(=O)N[C@@H]3C=N)ccn2)cc1. The first-order valence-electron chi connectivity index (χ1n) is 10.1. The number of carbonyl (C=O) groups excluding carboxylic acids is 2. The summed E-state index contributed by atoms with van der Waals surface area (Å²) in [6.45, 7) is 5.70. The predicted octanol–water partition coefficient (Wildman–Crippen LogP) is 3.34. The number of nitrogens with one attached hydrogen (secondary N) is 2. The van der Waals surface area contributed by atoms with Crippen LogP contribution in [0.3, 0.4) is 0 Å². The van der Waals surface area contributed by atoms with Gasteiger partial charge in [-0.25, -0.2) is 9.78 Å². The van der Waals surface area contributed by atoms with Crippen LogP contribution in [-0.4, -0.2) is 42.0 Å². The first-order chi connectivity index (χ1) is 14.7. The van der Waals surface area contributed by atoms with Gasteiger partial charge in [0.05, 0.1) is 25.6 Å². The van der Waals surface area contributed by atoms with Gasteiger partial charge < -0.3 is 20.2 Å². The molecule has 2 heterocycles. The topological polar surface area (TPSA) is 105 Å². The van der Waals surface area contributed by atoms with Crippen LogP contribution in [0.1, 0.15) is 31.9 Å². The fourth-order valence-corrected chi connectivity index (χ4v) is 3.27. The van der Waals surface area contributed by atoms with E-state index < -0.39 is 11.7 Å². The molecule has 164 valence electrons. The quantitative estimate of drug-likeness (QED) is 0.524. The van der Waals surface area contributed by atoms with Gasteiger partial charge in [0, 0.05) is 12.4 Å². The molecule has 1 fully saturated rings. The number of aromatic nitrogens is 1. The molecule has 0 bridgehead atoms. The van der Waals surface area contributed by atoms with Gasteiger partial charge in [0.15, 0.2) is 0 Å². The number of rotatable bonds is 7. The molecule has 1 aromatic heterocycles. The molecule has 2 N–H and O–H groups in total. The third-order valence-electron chi connectivity index (χ3n) is 4.91. The van der Waals surface area contributed by atoms with Gasteiger partial charge in [-0.1, -0.05) is 12.1 Å². The van der Waals surface area contributed by atoms with Crippen molar-refractivity contribution in [3.05, 3.63) is 53.7 Å². The zero-order valence-corrected chi connectivity index (χ0v) is 18.2. The average molecular weight is 425 g/mol. The Kier molecular flexibility index (Phi) is 6.58.